The maximum Gasteiger partial charge on any atom is 0.347 e. The number of hydrogen-bond acceptors (Lipinski definition) is 4. The number of hydrogen-bond donors (Lipinski definition) is 1. The molecule has 4 nitrogen and oxygen atoms in total. The Kier molecular flexibility index (Phi) is 10.5. The van der Waals surface area contributed by atoms with Gasteiger partial charge >= 0.3 is 5.63 Å². The Bertz CT molecular complexity index is 806. The molecule has 0 amide bonds. The normalized spacial score (nSPS) is 11.2. The quantitative estimate of drug-likeness (QED) is 0.196. The van der Waals surface area contributed by atoms with Crippen LogP contribution in [0.15, 0.2) is 33.5 Å². The third kappa shape index (κ3) is 8.43. The Balaban J connectivity index is 1.57. The molecule has 0 unspecified atom stereocenters. The lowest BCUT2D eigenvalue weighted by molar-refractivity contribution is 0.0975. The summed E-state index contributed by atoms with van der Waals surface area (Å²) in [5, 5.41) is 10.1. The number of phenolic OH excluding ortho intramolecular Hbond substituents is 1. The van der Waals surface area contributed by atoms with Crippen LogP contribution in [-0.4, -0.2) is 10.9 Å². The van der Waals surface area contributed by atoms with Crippen molar-refractivity contribution < 1.29 is 14.3 Å². The number of ketones is 1. The van der Waals surface area contributed by atoms with Gasteiger partial charge in [-0.05, 0) is 24.6 Å². The van der Waals surface area contributed by atoms with Gasteiger partial charge in [-0.2, -0.15) is 0 Å². The topological polar surface area (TPSA) is 67.5 Å². The molecular weight excluding hydrogens is 364 g/mol. The monoisotopic (exact) mass is 400 g/mol. The zero-order valence-electron chi connectivity index (χ0n) is 17.9. The van der Waals surface area contributed by atoms with E-state index in [0.29, 0.717) is 17.4 Å². The molecular formula is C25H36O4. The maximum absolute atomic E-state index is 12.4. The largest absolute Gasteiger partial charge is 0.508 e. The second kappa shape index (κ2) is 13.2. The lowest BCUT2D eigenvalue weighted by Crippen LogP contribution is -2.13. The summed E-state index contributed by atoms with van der Waals surface area (Å²) in [6.45, 7) is 2.25. The first-order valence-corrected chi connectivity index (χ1v) is 11.4. The molecule has 0 saturated heterocycles. The summed E-state index contributed by atoms with van der Waals surface area (Å²) in [5.41, 5.74) is -0.211. The summed E-state index contributed by atoms with van der Waals surface area (Å²) in [6.07, 6.45) is 16.8. The number of rotatable bonds is 15. The van der Waals surface area contributed by atoms with Gasteiger partial charge in [0, 0.05) is 17.9 Å². The maximum atomic E-state index is 12.4. The average Bonchev–Trinajstić information content (AvgIpc) is 2.70. The molecule has 1 N–H and O–H groups in total. The van der Waals surface area contributed by atoms with Crippen LogP contribution in [0.1, 0.15) is 107 Å². The van der Waals surface area contributed by atoms with Crippen LogP contribution in [0, 0.1) is 0 Å². The Morgan fingerprint density at radius 3 is 1.97 bits per heavy atom. The highest BCUT2D eigenvalue weighted by Gasteiger charge is 2.13. The van der Waals surface area contributed by atoms with E-state index in [0.717, 1.165) is 19.3 Å². The van der Waals surface area contributed by atoms with Crippen molar-refractivity contribution >= 4 is 16.8 Å². The minimum Gasteiger partial charge on any atom is -0.508 e. The van der Waals surface area contributed by atoms with E-state index in [-0.39, 0.29) is 17.1 Å². The van der Waals surface area contributed by atoms with Crippen molar-refractivity contribution in [3.63, 3.8) is 0 Å². The standard InChI is InChI=1S/C25H36O4/c1-2-3-4-5-6-7-8-9-10-11-12-13-14-15-23(27)22-18-20-16-17-21(26)19-24(20)29-25(22)28/h16-19,26H,2-15H2,1H3. The number of phenols is 1. The molecule has 0 atom stereocenters. The van der Waals surface area contributed by atoms with Crippen molar-refractivity contribution in [2.45, 2.75) is 96.8 Å². The number of unbranched alkanes of at least 4 members (excludes halogenated alkanes) is 12. The molecule has 0 bridgehead atoms. The summed E-state index contributed by atoms with van der Waals surface area (Å²) in [5.74, 6) is -0.122. The Morgan fingerprint density at radius 2 is 1.38 bits per heavy atom. The van der Waals surface area contributed by atoms with Crippen molar-refractivity contribution in [3.8, 4) is 5.75 Å². The second-order valence-corrected chi connectivity index (χ2v) is 8.09. The van der Waals surface area contributed by atoms with Crippen LogP contribution in [-0.2, 0) is 0 Å². The summed E-state index contributed by atoms with van der Waals surface area (Å²) in [7, 11) is 0. The molecule has 1 aromatic heterocycles. The number of aromatic hydroxyl groups is 1. The van der Waals surface area contributed by atoms with Crippen LogP contribution < -0.4 is 5.63 Å². The third-order valence-electron chi connectivity index (χ3n) is 5.53. The van der Waals surface area contributed by atoms with E-state index in [4.69, 9.17) is 4.42 Å². The first kappa shape index (κ1) is 23.2. The van der Waals surface area contributed by atoms with E-state index < -0.39 is 5.63 Å². The zero-order chi connectivity index (χ0) is 20.9. The molecule has 2 aromatic rings. The molecule has 0 radical (unpaired) electrons. The molecule has 29 heavy (non-hydrogen) atoms. The van der Waals surface area contributed by atoms with Gasteiger partial charge in [0.1, 0.15) is 16.9 Å². The molecule has 4 heteroatoms. The predicted molar refractivity (Wildman–Crippen MR) is 119 cm³/mol. The summed E-state index contributed by atoms with van der Waals surface area (Å²) in [6, 6.07) is 6.13. The molecule has 2 rings (SSSR count). The predicted octanol–water partition coefficient (Wildman–Crippen LogP) is 7.16. The molecule has 0 saturated carbocycles. The minimum atomic E-state index is -0.622. The minimum absolute atomic E-state index is 0.0340. The number of carbonyl (C=O) groups excluding carboxylic acids is 1. The van der Waals surface area contributed by atoms with Crippen molar-refractivity contribution in [2.75, 3.05) is 0 Å². The van der Waals surface area contributed by atoms with E-state index >= 15 is 0 Å². The molecule has 0 spiro atoms. The van der Waals surface area contributed by atoms with E-state index in [1.54, 1.807) is 12.1 Å². The lowest BCUT2D eigenvalue weighted by Gasteiger charge is -2.04. The van der Waals surface area contributed by atoms with Crippen LogP contribution in [0.2, 0.25) is 0 Å². The first-order chi connectivity index (χ1) is 14.1. The van der Waals surface area contributed by atoms with Gasteiger partial charge in [-0.25, -0.2) is 4.79 Å². The van der Waals surface area contributed by atoms with E-state index in [9.17, 15) is 14.7 Å². The van der Waals surface area contributed by atoms with Crippen molar-refractivity contribution in [3.05, 3.63) is 40.2 Å². The molecule has 0 aliphatic carbocycles. The number of Topliss-reactive ketones (excluding diaryl/α,β-unsaturated/α-hetero) is 1. The van der Waals surface area contributed by atoms with Crippen molar-refractivity contribution in [2.24, 2.45) is 0 Å². The second-order valence-electron chi connectivity index (χ2n) is 8.09. The van der Waals surface area contributed by atoms with E-state index in [2.05, 4.69) is 6.92 Å². The Morgan fingerprint density at radius 1 is 0.828 bits per heavy atom. The van der Waals surface area contributed by atoms with Crippen molar-refractivity contribution in [1.29, 1.82) is 0 Å². The van der Waals surface area contributed by atoms with Gasteiger partial charge < -0.3 is 9.52 Å². The summed E-state index contributed by atoms with van der Waals surface area (Å²) in [4.78, 5) is 24.4. The van der Waals surface area contributed by atoms with Gasteiger partial charge in [0.15, 0.2) is 5.78 Å². The first-order valence-electron chi connectivity index (χ1n) is 11.4. The summed E-state index contributed by atoms with van der Waals surface area (Å²) < 4.78 is 5.18. The van der Waals surface area contributed by atoms with Gasteiger partial charge in [0.25, 0.3) is 0 Å². The van der Waals surface area contributed by atoms with Crippen molar-refractivity contribution in [1.82, 2.24) is 0 Å². The van der Waals surface area contributed by atoms with Crippen LogP contribution >= 0.6 is 0 Å². The molecule has 0 aliphatic rings. The molecule has 1 aromatic carbocycles. The smallest absolute Gasteiger partial charge is 0.347 e. The summed E-state index contributed by atoms with van der Waals surface area (Å²) >= 11 is 0. The zero-order valence-corrected chi connectivity index (χ0v) is 17.9. The van der Waals surface area contributed by atoms with Crippen LogP contribution in [0.4, 0.5) is 0 Å². The van der Waals surface area contributed by atoms with E-state index in [1.807, 2.05) is 0 Å². The van der Waals surface area contributed by atoms with Gasteiger partial charge in [0.2, 0.25) is 0 Å². The highest BCUT2D eigenvalue weighted by molar-refractivity contribution is 5.98. The molecule has 1 heterocycles. The van der Waals surface area contributed by atoms with E-state index in [1.165, 1.54) is 76.3 Å². The number of fused-ring (bicyclic) bond motifs is 1. The molecule has 160 valence electrons. The van der Waals surface area contributed by atoms with Gasteiger partial charge in [-0.15, -0.1) is 0 Å². The number of benzene rings is 1. The highest BCUT2D eigenvalue weighted by atomic mass is 16.4. The lowest BCUT2D eigenvalue weighted by atomic mass is 10.0. The van der Waals surface area contributed by atoms with Gasteiger partial charge in [0.05, 0.1) is 0 Å². The Labute approximate surface area is 174 Å². The highest BCUT2D eigenvalue weighted by Crippen LogP contribution is 2.20. The fourth-order valence-electron chi connectivity index (χ4n) is 3.73. The molecule has 0 aliphatic heterocycles. The van der Waals surface area contributed by atoms with Crippen LogP contribution in [0.5, 0.6) is 5.75 Å². The fourth-order valence-corrected chi connectivity index (χ4v) is 3.73. The third-order valence-corrected chi connectivity index (χ3v) is 5.53. The molecule has 0 fully saturated rings. The average molecular weight is 401 g/mol. The SMILES string of the molecule is CCCCCCCCCCCCCCCC(=O)c1cc2ccc(O)cc2oc1=O. The fraction of sp³-hybridized carbons (Fsp3) is 0.600. The van der Waals surface area contributed by atoms with Gasteiger partial charge in [-0.3, -0.25) is 4.79 Å². The van der Waals surface area contributed by atoms with Gasteiger partial charge in [-0.1, -0.05) is 84.0 Å². The van der Waals surface area contributed by atoms with Crippen LogP contribution in [0.25, 0.3) is 11.0 Å². The van der Waals surface area contributed by atoms with Crippen LogP contribution in [0.3, 0.4) is 0 Å². The Hall–Kier alpha value is -2.10. The number of carbonyl (C=O) groups is 1.